The van der Waals surface area contributed by atoms with Gasteiger partial charge in [-0.05, 0) is 48.1 Å². The van der Waals surface area contributed by atoms with E-state index in [1.165, 1.54) is 12.4 Å². The molecule has 44 heavy (non-hydrogen) atoms. The fraction of sp³-hybridized carbons (Fsp3) is 0.438. The zero-order valence-corrected chi connectivity index (χ0v) is 25.6. The molecule has 1 amide bonds. The summed E-state index contributed by atoms with van der Waals surface area (Å²) >= 11 is 12.2. The Morgan fingerprint density at radius 2 is 1.80 bits per heavy atom. The molecule has 2 atom stereocenters. The lowest BCUT2D eigenvalue weighted by Gasteiger charge is -2.36. The van der Waals surface area contributed by atoms with Crippen LogP contribution in [0, 0.1) is 16.7 Å². The smallest absolute Gasteiger partial charge is 0.285 e. The first kappa shape index (κ1) is 30.8. The van der Waals surface area contributed by atoms with E-state index in [2.05, 4.69) is 26.3 Å². The van der Waals surface area contributed by atoms with Crippen LogP contribution in [0.25, 0.3) is 11.1 Å². The first-order valence-electron chi connectivity index (χ1n) is 14.8. The third-order valence-electron chi connectivity index (χ3n) is 8.79. The van der Waals surface area contributed by atoms with Crippen molar-refractivity contribution in [2.45, 2.75) is 43.9 Å². The van der Waals surface area contributed by atoms with E-state index < -0.39 is 23.2 Å². The number of nitriles is 1. The molecular formula is C32H33Cl2FN6O3. The van der Waals surface area contributed by atoms with Crippen molar-refractivity contribution in [3.05, 3.63) is 81.4 Å². The van der Waals surface area contributed by atoms with Crippen molar-refractivity contribution in [3.63, 3.8) is 0 Å². The highest BCUT2D eigenvalue weighted by atomic mass is 35.5. The van der Waals surface area contributed by atoms with Crippen LogP contribution in [0.1, 0.15) is 53.0 Å². The van der Waals surface area contributed by atoms with Crippen molar-refractivity contribution in [2.24, 2.45) is 5.41 Å². The molecule has 230 valence electrons. The molecule has 2 N–H and O–H groups in total. The molecule has 1 aliphatic carbocycles. The topological polar surface area (TPSA) is 115 Å². The molecule has 0 radical (unpaired) electrons. The van der Waals surface area contributed by atoms with Crippen LogP contribution in [0.4, 0.5) is 4.48 Å². The molecule has 0 spiro atoms. The van der Waals surface area contributed by atoms with Crippen molar-refractivity contribution in [3.8, 4) is 17.2 Å². The fourth-order valence-electron chi connectivity index (χ4n) is 6.03. The Labute approximate surface area is 265 Å². The zero-order chi connectivity index (χ0) is 30.9. The first-order chi connectivity index (χ1) is 21.2. The summed E-state index contributed by atoms with van der Waals surface area (Å²) in [5, 5.41) is 25.4. The second-order valence-electron chi connectivity index (χ2n) is 11.8. The predicted octanol–water partition coefficient (Wildman–Crippen LogP) is 4.90. The van der Waals surface area contributed by atoms with Crippen LogP contribution in [-0.2, 0) is 16.9 Å². The number of aromatic nitrogens is 2. The van der Waals surface area contributed by atoms with E-state index in [1.807, 2.05) is 18.2 Å². The van der Waals surface area contributed by atoms with Gasteiger partial charge in [-0.25, -0.2) is 9.97 Å². The third-order valence-corrected chi connectivity index (χ3v) is 9.23. The molecule has 1 unspecified atom stereocenters. The zero-order valence-electron chi connectivity index (χ0n) is 24.1. The van der Waals surface area contributed by atoms with E-state index >= 15 is 4.48 Å². The summed E-state index contributed by atoms with van der Waals surface area (Å²) in [6.07, 6.45) is 3.53. The Morgan fingerprint density at radius 3 is 2.45 bits per heavy atom. The van der Waals surface area contributed by atoms with Crippen LogP contribution in [0.15, 0.2) is 48.8 Å². The van der Waals surface area contributed by atoms with Gasteiger partial charge in [-0.2, -0.15) is 5.26 Å². The van der Waals surface area contributed by atoms with Crippen LogP contribution in [0.5, 0.6) is 0 Å². The minimum atomic E-state index is -1.91. The van der Waals surface area contributed by atoms with Gasteiger partial charge < -0.3 is 20.1 Å². The van der Waals surface area contributed by atoms with Crippen molar-refractivity contribution in [1.29, 1.82) is 5.26 Å². The van der Waals surface area contributed by atoms with Gasteiger partial charge in [-0.3, -0.25) is 4.79 Å². The van der Waals surface area contributed by atoms with Gasteiger partial charge >= 0.3 is 0 Å². The molecule has 2 fully saturated rings. The third kappa shape index (κ3) is 6.18. The van der Waals surface area contributed by atoms with Crippen LogP contribution < -0.4 is 5.32 Å². The molecule has 0 bridgehead atoms. The Hall–Kier alpha value is -3.17. The monoisotopic (exact) mass is 638 g/mol. The van der Waals surface area contributed by atoms with Crippen LogP contribution in [-0.4, -0.2) is 76.4 Å². The van der Waals surface area contributed by atoms with Crippen molar-refractivity contribution >= 4 is 29.1 Å². The molecular weight excluding hydrogens is 606 g/mol. The standard InChI is InChI=1S/C32H33Cl2FN6O3/c33-22-3-1-21(2-4-22)25-5-6-27-29(26(25)15-28-38-17-23(34)18-39-28)30(43)41(35)32(27,44-20-31(19-36)8-9-31)16-24(42)7-12-40-13-10-37-11-14-40/h1-6,17-18,24,37,42H,7-16,20H2/t24?,32-/m1/s1. The van der Waals surface area contributed by atoms with Gasteiger partial charge in [0.2, 0.25) is 5.72 Å². The number of aliphatic hydroxyl groups excluding tert-OH is 1. The number of halogens is 3. The summed E-state index contributed by atoms with van der Waals surface area (Å²) < 4.78 is 22.8. The van der Waals surface area contributed by atoms with E-state index in [9.17, 15) is 15.2 Å². The van der Waals surface area contributed by atoms with E-state index in [-0.39, 0.29) is 30.1 Å². The fourth-order valence-corrected chi connectivity index (χ4v) is 6.25. The molecule has 1 saturated heterocycles. The van der Waals surface area contributed by atoms with Gasteiger partial charge in [0.15, 0.2) is 0 Å². The average molecular weight is 640 g/mol. The maximum Gasteiger partial charge on any atom is 0.285 e. The van der Waals surface area contributed by atoms with Gasteiger partial charge in [-0.15, -0.1) is 5.12 Å². The van der Waals surface area contributed by atoms with E-state index in [0.29, 0.717) is 58.4 Å². The quantitative estimate of drug-likeness (QED) is 0.285. The normalized spacial score (nSPS) is 21.6. The maximum atomic E-state index is 16.5. The lowest BCUT2D eigenvalue weighted by Crippen LogP contribution is -2.46. The molecule has 3 aliphatic rings. The number of ether oxygens (including phenoxy) is 1. The molecule has 2 aromatic carbocycles. The number of fused-ring (bicyclic) bond motifs is 1. The highest BCUT2D eigenvalue weighted by Gasteiger charge is 2.56. The summed E-state index contributed by atoms with van der Waals surface area (Å²) in [5.41, 5.74) is -0.218. The molecule has 6 rings (SSSR count). The predicted molar refractivity (Wildman–Crippen MR) is 163 cm³/mol. The van der Waals surface area contributed by atoms with Gasteiger partial charge in [0.25, 0.3) is 5.91 Å². The number of nitrogens with one attached hydrogen (secondary N) is 1. The number of carbonyl (C=O) groups excluding carboxylic acids is 1. The number of benzene rings is 2. The molecule has 3 aromatic rings. The lowest BCUT2D eigenvalue weighted by molar-refractivity contribution is -0.225. The lowest BCUT2D eigenvalue weighted by atomic mass is 9.86. The number of amides is 1. The summed E-state index contributed by atoms with van der Waals surface area (Å²) in [6, 6.07) is 12.9. The van der Waals surface area contributed by atoms with Crippen molar-refractivity contribution in [2.75, 3.05) is 39.3 Å². The van der Waals surface area contributed by atoms with Crippen molar-refractivity contribution < 1.29 is 19.1 Å². The van der Waals surface area contributed by atoms with Gasteiger partial charge in [0, 0.05) is 68.5 Å². The average Bonchev–Trinajstić information content (AvgIpc) is 3.80. The largest absolute Gasteiger partial charge is 0.393 e. The molecule has 9 nitrogen and oxygen atoms in total. The second-order valence-corrected chi connectivity index (χ2v) is 12.7. The second kappa shape index (κ2) is 12.7. The molecule has 1 saturated carbocycles. The summed E-state index contributed by atoms with van der Waals surface area (Å²) in [6.45, 7) is 4.03. The summed E-state index contributed by atoms with van der Waals surface area (Å²) in [7, 11) is 0. The minimum Gasteiger partial charge on any atom is -0.393 e. The van der Waals surface area contributed by atoms with Crippen molar-refractivity contribution in [1.82, 2.24) is 25.3 Å². The molecule has 12 heteroatoms. The summed E-state index contributed by atoms with van der Waals surface area (Å²) in [4.78, 5) is 24.8. The van der Waals surface area contributed by atoms with Gasteiger partial charge in [-0.1, -0.05) is 51.9 Å². The minimum absolute atomic E-state index is 0.0598. The number of hydrogen-bond acceptors (Lipinski definition) is 8. The Bertz CT molecular complexity index is 1560. The Balaban J connectivity index is 1.42. The highest BCUT2D eigenvalue weighted by molar-refractivity contribution is 6.30. The number of hydrogen-bond donors (Lipinski definition) is 2. The van der Waals surface area contributed by atoms with E-state index in [4.69, 9.17) is 27.9 Å². The Kier molecular flexibility index (Phi) is 8.88. The molecule has 1 aromatic heterocycles. The number of rotatable bonds is 11. The maximum absolute atomic E-state index is 16.5. The highest BCUT2D eigenvalue weighted by Crippen LogP contribution is 2.51. The number of aliphatic hydroxyl groups is 1. The van der Waals surface area contributed by atoms with E-state index in [1.54, 1.807) is 18.2 Å². The number of nitrogens with zero attached hydrogens (tertiary/aromatic N) is 5. The molecule has 3 heterocycles. The molecule has 2 aliphatic heterocycles. The van der Waals surface area contributed by atoms with Gasteiger partial charge in [0.1, 0.15) is 5.82 Å². The number of carbonyl (C=O) groups is 1. The van der Waals surface area contributed by atoms with Crippen LogP contribution in [0.3, 0.4) is 0 Å². The van der Waals surface area contributed by atoms with Gasteiger partial charge in [0.05, 0.1) is 34.8 Å². The van der Waals surface area contributed by atoms with Crippen LogP contribution >= 0.6 is 23.2 Å². The van der Waals surface area contributed by atoms with Crippen LogP contribution in [0.2, 0.25) is 10.0 Å². The Morgan fingerprint density at radius 1 is 1.09 bits per heavy atom. The van der Waals surface area contributed by atoms with E-state index in [0.717, 1.165) is 31.7 Å². The number of piperazine rings is 1. The first-order valence-corrected chi connectivity index (χ1v) is 15.5. The summed E-state index contributed by atoms with van der Waals surface area (Å²) in [5.74, 6) is -0.483. The SMILES string of the molecule is N#CC1(CO[C@]2(CC(O)CCN3CCNCC3)c3ccc(-c4ccc(Cl)cc4)c(Cc4ncc(Cl)cn4)c3C(=O)N2F)CC1.